The van der Waals surface area contributed by atoms with Crippen LogP contribution in [0, 0.1) is 0 Å². The molecule has 0 fully saturated rings. The number of hydrazone groups is 1. The maximum Gasteiger partial charge on any atom is 0.271 e. The number of aryl methyl sites for hydroxylation is 1. The van der Waals surface area contributed by atoms with E-state index >= 15 is 0 Å². The molecule has 1 amide bonds. The number of phenols is 1. The first-order valence-corrected chi connectivity index (χ1v) is 5.26. The molecule has 18 heavy (non-hydrogen) atoms. The summed E-state index contributed by atoms with van der Waals surface area (Å²) in [5.74, 6) is -0.222. The average molecular weight is 244 g/mol. The number of aromatic hydroxyl groups is 1. The molecule has 0 atom stereocenters. The fourth-order valence-electron chi connectivity index (χ4n) is 1.35. The standard InChI is InChI=1S/C12H12N4O2/c1-16-8-9(7-14-16)6-13-15-12(18)10-2-4-11(17)5-3-10/h2-8,17H,1H3,(H,15,18). The molecule has 6 nitrogen and oxygen atoms in total. The second-order valence-electron chi connectivity index (χ2n) is 3.69. The largest absolute Gasteiger partial charge is 0.508 e. The molecular weight excluding hydrogens is 232 g/mol. The molecule has 1 heterocycles. The number of carbonyl (C=O) groups is 1. The summed E-state index contributed by atoms with van der Waals surface area (Å²) in [5.41, 5.74) is 3.61. The molecule has 2 N–H and O–H groups in total. The summed E-state index contributed by atoms with van der Waals surface area (Å²) in [6.45, 7) is 0. The van der Waals surface area contributed by atoms with E-state index in [0.717, 1.165) is 5.56 Å². The third-order valence-corrected chi connectivity index (χ3v) is 2.23. The first-order valence-electron chi connectivity index (χ1n) is 5.26. The van der Waals surface area contributed by atoms with Gasteiger partial charge in [0.1, 0.15) is 5.75 Å². The molecule has 92 valence electrons. The first-order chi connectivity index (χ1) is 8.65. The van der Waals surface area contributed by atoms with Crippen LogP contribution in [-0.2, 0) is 7.05 Å². The second-order valence-corrected chi connectivity index (χ2v) is 3.69. The van der Waals surface area contributed by atoms with Crippen molar-refractivity contribution in [1.82, 2.24) is 15.2 Å². The van der Waals surface area contributed by atoms with Crippen LogP contribution in [0.3, 0.4) is 0 Å². The van der Waals surface area contributed by atoms with Gasteiger partial charge in [-0.1, -0.05) is 0 Å². The van der Waals surface area contributed by atoms with Crippen LogP contribution >= 0.6 is 0 Å². The van der Waals surface area contributed by atoms with Crippen LogP contribution in [0.4, 0.5) is 0 Å². The Morgan fingerprint density at radius 1 is 1.44 bits per heavy atom. The van der Waals surface area contributed by atoms with Crippen molar-refractivity contribution >= 4 is 12.1 Å². The molecule has 2 rings (SSSR count). The van der Waals surface area contributed by atoms with Crippen molar-refractivity contribution in [3.63, 3.8) is 0 Å². The molecule has 0 unspecified atom stereocenters. The van der Waals surface area contributed by atoms with Gasteiger partial charge in [-0.15, -0.1) is 0 Å². The zero-order valence-corrected chi connectivity index (χ0v) is 9.74. The van der Waals surface area contributed by atoms with Crippen molar-refractivity contribution in [2.75, 3.05) is 0 Å². The van der Waals surface area contributed by atoms with Crippen LogP contribution in [0.1, 0.15) is 15.9 Å². The van der Waals surface area contributed by atoms with E-state index in [0.29, 0.717) is 5.56 Å². The van der Waals surface area contributed by atoms with Crippen molar-refractivity contribution in [3.05, 3.63) is 47.8 Å². The highest BCUT2D eigenvalue weighted by atomic mass is 16.3. The smallest absolute Gasteiger partial charge is 0.271 e. The summed E-state index contributed by atoms with van der Waals surface area (Å²) in [6.07, 6.45) is 4.91. The molecule has 6 heteroatoms. The third-order valence-electron chi connectivity index (χ3n) is 2.23. The highest BCUT2D eigenvalue weighted by Crippen LogP contribution is 2.09. The lowest BCUT2D eigenvalue weighted by atomic mass is 10.2. The summed E-state index contributed by atoms with van der Waals surface area (Å²) in [7, 11) is 1.80. The van der Waals surface area contributed by atoms with Crippen molar-refractivity contribution < 1.29 is 9.90 Å². The van der Waals surface area contributed by atoms with Gasteiger partial charge in [0, 0.05) is 24.4 Å². The van der Waals surface area contributed by atoms with E-state index in [1.165, 1.54) is 30.5 Å². The lowest BCUT2D eigenvalue weighted by molar-refractivity contribution is 0.0955. The molecular formula is C12H12N4O2. The van der Waals surface area contributed by atoms with E-state index in [9.17, 15) is 4.79 Å². The summed E-state index contributed by atoms with van der Waals surface area (Å²) < 4.78 is 1.64. The molecule has 1 aromatic heterocycles. The lowest BCUT2D eigenvalue weighted by Gasteiger charge is -1.99. The minimum Gasteiger partial charge on any atom is -0.508 e. The van der Waals surface area contributed by atoms with Crippen LogP contribution in [0.5, 0.6) is 5.75 Å². The highest BCUT2D eigenvalue weighted by Gasteiger charge is 2.03. The first kappa shape index (κ1) is 11.8. The number of aromatic nitrogens is 2. The maximum atomic E-state index is 11.6. The molecule has 0 spiro atoms. The van der Waals surface area contributed by atoms with Gasteiger partial charge in [-0.05, 0) is 24.3 Å². The molecule has 1 aromatic carbocycles. The Hall–Kier alpha value is -2.63. The number of rotatable bonds is 3. The van der Waals surface area contributed by atoms with Crippen molar-refractivity contribution in [2.24, 2.45) is 12.1 Å². The quantitative estimate of drug-likeness (QED) is 0.621. The maximum absolute atomic E-state index is 11.6. The number of nitrogens with zero attached hydrogens (tertiary/aromatic N) is 3. The number of phenolic OH excluding ortho intramolecular Hbond substituents is 1. The van der Waals surface area contributed by atoms with Crippen molar-refractivity contribution in [1.29, 1.82) is 0 Å². The SMILES string of the molecule is Cn1cc(C=NNC(=O)c2ccc(O)cc2)cn1. The number of hydrogen-bond donors (Lipinski definition) is 2. The number of nitrogens with one attached hydrogen (secondary N) is 1. The Kier molecular flexibility index (Phi) is 3.38. The Balaban J connectivity index is 1.96. The van der Waals surface area contributed by atoms with Crippen LogP contribution in [0.15, 0.2) is 41.8 Å². The van der Waals surface area contributed by atoms with E-state index in [-0.39, 0.29) is 11.7 Å². The topological polar surface area (TPSA) is 79.5 Å². The van der Waals surface area contributed by atoms with Crippen LogP contribution in [0.25, 0.3) is 0 Å². The van der Waals surface area contributed by atoms with E-state index in [4.69, 9.17) is 5.11 Å². The predicted molar refractivity (Wildman–Crippen MR) is 66.4 cm³/mol. The summed E-state index contributed by atoms with van der Waals surface area (Å²) in [5, 5.41) is 16.9. The Labute approximate surface area is 104 Å². The Morgan fingerprint density at radius 2 is 2.17 bits per heavy atom. The van der Waals surface area contributed by atoms with Gasteiger partial charge < -0.3 is 5.11 Å². The van der Waals surface area contributed by atoms with Gasteiger partial charge in [0.15, 0.2) is 0 Å². The molecule has 0 aliphatic rings. The van der Waals surface area contributed by atoms with Gasteiger partial charge in [-0.25, -0.2) is 5.43 Å². The molecule has 0 radical (unpaired) electrons. The average Bonchev–Trinajstić information content (AvgIpc) is 2.76. The molecule has 0 saturated heterocycles. The van der Waals surface area contributed by atoms with Crippen molar-refractivity contribution in [3.8, 4) is 5.75 Å². The van der Waals surface area contributed by atoms with E-state index in [1.54, 1.807) is 24.1 Å². The van der Waals surface area contributed by atoms with Crippen LogP contribution in [-0.4, -0.2) is 27.0 Å². The van der Waals surface area contributed by atoms with Crippen LogP contribution < -0.4 is 5.43 Å². The Morgan fingerprint density at radius 3 is 2.78 bits per heavy atom. The molecule has 0 aliphatic carbocycles. The number of carbonyl (C=O) groups excluding carboxylic acids is 1. The second kappa shape index (κ2) is 5.13. The zero-order valence-electron chi connectivity index (χ0n) is 9.74. The molecule has 0 saturated carbocycles. The number of amides is 1. The van der Waals surface area contributed by atoms with E-state index < -0.39 is 0 Å². The van der Waals surface area contributed by atoms with Gasteiger partial charge in [-0.2, -0.15) is 10.2 Å². The highest BCUT2D eigenvalue weighted by molar-refractivity contribution is 5.94. The van der Waals surface area contributed by atoms with Gasteiger partial charge in [-0.3, -0.25) is 9.48 Å². The summed E-state index contributed by atoms with van der Waals surface area (Å²) >= 11 is 0. The number of benzene rings is 1. The van der Waals surface area contributed by atoms with Gasteiger partial charge in [0.25, 0.3) is 5.91 Å². The normalized spacial score (nSPS) is 10.7. The minimum absolute atomic E-state index is 0.116. The predicted octanol–water partition coefficient (Wildman–Crippen LogP) is 0.890. The van der Waals surface area contributed by atoms with Crippen LogP contribution in [0.2, 0.25) is 0 Å². The lowest BCUT2D eigenvalue weighted by Crippen LogP contribution is -2.17. The summed E-state index contributed by atoms with van der Waals surface area (Å²) in [6, 6.07) is 5.92. The summed E-state index contributed by atoms with van der Waals surface area (Å²) in [4.78, 5) is 11.6. The van der Waals surface area contributed by atoms with E-state index in [1.807, 2.05) is 0 Å². The fourth-order valence-corrected chi connectivity index (χ4v) is 1.35. The molecule has 0 bridgehead atoms. The third kappa shape index (κ3) is 2.94. The fraction of sp³-hybridized carbons (Fsp3) is 0.0833. The monoisotopic (exact) mass is 244 g/mol. The Bertz CT molecular complexity index is 572. The zero-order chi connectivity index (χ0) is 13.0. The van der Waals surface area contributed by atoms with Crippen molar-refractivity contribution in [2.45, 2.75) is 0 Å². The molecule has 2 aromatic rings. The van der Waals surface area contributed by atoms with E-state index in [2.05, 4.69) is 15.6 Å². The number of hydrogen-bond acceptors (Lipinski definition) is 4. The minimum atomic E-state index is -0.338. The van der Waals surface area contributed by atoms with Gasteiger partial charge in [0.2, 0.25) is 0 Å². The van der Waals surface area contributed by atoms with Gasteiger partial charge in [0.05, 0.1) is 12.4 Å². The van der Waals surface area contributed by atoms with Gasteiger partial charge >= 0.3 is 0 Å². The molecule has 0 aliphatic heterocycles.